The number of rotatable bonds is 3. The molecule has 0 bridgehead atoms. The van der Waals surface area contributed by atoms with Crippen LogP contribution in [0.5, 0.6) is 5.75 Å². The summed E-state index contributed by atoms with van der Waals surface area (Å²) in [5.41, 5.74) is 6.18. The van der Waals surface area contributed by atoms with Crippen LogP contribution in [0.15, 0.2) is 12.1 Å². The van der Waals surface area contributed by atoms with Crippen LogP contribution in [0.4, 0.5) is 16.6 Å². The Morgan fingerprint density at radius 2 is 2.25 bits per heavy atom. The Labute approximate surface area is 165 Å². The Bertz CT molecular complexity index is 1040. The van der Waals surface area contributed by atoms with Crippen molar-refractivity contribution < 1.29 is 14.3 Å². The largest absolute Gasteiger partial charge is 0.474 e. The van der Waals surface area contributed by atoms with E-state index in [1.807, 2.05) is 0 Å². The number of hydrogen-bond acceptors (Lipinski definition) is 7. The number of amides is 2. The van der Waals surface area contributed by atoms with Crippen LogP contribution in [0.25, 0.3) is 0 Å². The van der Waals surface area contributed by atoms with Crippen LogP contribution in [0.2, 0.25) is 0 Å². The molecule has 0 radical (unpaired) electrons. The second-order valence-corrected chi connectivity index (χ2v) is 8.39. The van der Waals surface area contributed by atoms with E-state index in [1.165, 1.54) is 16.2 Å². The summed E-state index contributed by atoms with van der Waals surface area (Å²) in [4.78, 5) is 32.2. The number of anilines is 3. The third-order valence-corrected chi connectivity index (χ3v) is 6.04. The van der Waals surface area contributed by atoms with Crippen molar-refractivity contribution in [2.75, 3.05) is 22.5 Å². The Morgan fingerprint density at radius 3 is 3.00 bits per heavy atom. The highest BCUT2D eigenvalue weighted by Crippen LogP contribution is 2.39. The zero-order valence-electron chi connectivity index (χ0n) is 15.5. The van der Waals surface area contributed by atoms with Crippen molar-refractivity contribution in [2.45, 2.75) is 38.7 Å². The summed E-state index contributed by atoms with van der Waals surface area (Å²) in [6, 6.07) is 5.41. The van der Waals surface area contributed by atoms with Gasteiger partial charge in [0.25, 0.3) is 5.91 Å². The first-order valence-corrected chi connectivity index (χ1v) is 9.74. The monoisotopic (exact) mass is 397 g/mol. The summed E-state index contributed by atoms with van der Waals surface area (Å²) >= 11 is 1.43. The van der Waals surface area contributed by atoms with Crippen LogP contribution in [0.3, 0.4) is 0 Å². The molecule has 0 unspecified atom stereocenters. The molecule has 9 heteroatoms. The molecule has 1 aliphatic carbocycles. The van der Waals surface area contributed by atoms with Crippen molar-refractivity contribution in [1.82, 2.24) is 4.98 Å². The zero-order valence-corrected chi connectivity index (χ0v) is 16.4. The highest BCUT2D eigenvalue weighted by atomic mass is 32.1. The summed E-state index contributed by atoms with van der Waals surface area (Å²) in [6.45, 7) is 3.02. The number of aryl methyl sites for hydroxylation is 1. The second kappa shape index (κ2) is 6.49. The number of nitrogens with one attached hydrogen (secondary N) is 1. The molecule has 0 saturated heterocycles. The molecule has 2 aliphatic rings. The number of carbonyl (C=O) groups is 2. The number of nitrogen functional groups attached to an aromatic ring is 1. The smallest absolute Gasteiger partial charge is 0.272 e. The van der Waals surface area contributed by atoms with Gasteiger partial charge in [0.05, 0.1) is 5.56 Å². The number of thiophene rings is 1. The minimum absolute atomic E-state index is 0.216. The SMILES string of the molecule is CC1(C)Oc2ccc(N)nc2N(CC(=O)Nc2sc3c(c2C#N)CCC3)C1=O. The van der Waals surface area contributed by atoms with Crippen molar-refractivity contribution >= 4 is 39.8 Å². The van der Waals surface area contributed by atoms with Gasteiger partial charge in [0, 0.05) is 4.88 Å². The van der Waals surface area contributed by atoms with E-state index in [2.05, 4.69) is 16.4 Å². The maximum Gasteiger partial charge on any atom is 0.272 e. The molecule has 0 atom stereocenters. The molecule has 3 N–H and O–H groups in total. The summed E-state index contributed by atoms with van der Waals surface area (Å²) in [5.74, 6) is 0.0369. The Kier molecular flexibility index (Phi) is 4.23. The van der Waals surface area contributed by atoms with E-state index >= 15 is 0 Å². The first kappa shape index (κ1) is 18.3. The van der Waals surface area contributed by atoms with E-state index < -0.39 is 11.5 Å². The molecule has 0 spiro atoms. The summed E-state index contributed by atoms with van der Waals surface area (Å²) in [7, 11) is 0. The van der Waals surface area contributed by atoms with Gasteiger partial charge in [-0.05, 0) is 50.8 Å². The average Bonchev–Trinajstić information content (AvgIpc) is 3.20. The van der Waals surface area contributed by atoms with E-state index in [-0.39, 0.29) is 24.1 Å². The molecular formula is C19H19N5O3S. The minimum Gasteiger partial charge on any atom is -0.474 e. The van der Waals surface area contributed by atoms with Gasteiger partial charge < -0.3 is 15.8 Å². The van der Waals surface area contributed by atoms with Gasteiger partial charge in [-0.1, -0.05) is 0 Å². The molecule has 1 aliphatic heterocycles. The number of nitrogens with two attached hydrogens (primary N) is 1. The topological polar surface area (TPSA) is 121 Å². The number of nitrogens with zero attached hydrogens (tertiary/aromatic N) is 3. The molecule has 0 aromatic carbocycles. The van der Waals surface area contributed by atoms with E-state index in [4.69, 9.17) is 10.5 Å². The Hall–Kier alpha value is -3.12. The van der Waals surface area contributed by atoms with E-state index in [0.29, 0.717) is 16.3 Å². The van der Waals surface area contributed by atoms with Gasteiger partial charge in [0.15, 0.2) is 17.2 Å². The predicted octanol–water partition coefficient (Wildman–Crippen LogP) is 2.23. The van der Waals surface area contributed by atoms with Crippen molar-refractivity contribution in [3.05, 3.63) is 28.1 Å². The molecule has 2 amide bonds. The van der Waals surface area contributed by atoms with Crippen LogP contribution in [0, 0.1) is 11.3 Å². The highest BCUT2D eigenvalue weighted by Gasteiger charge is 2.42. The first-order valence-electron chi connectivity index (χ1n) is 8.92. The third-order valence-electron chi connectivity index (χ3n) is 4.83. The quantitative estimate of drug-likeness (QED) is 0.819. The normalized spacial score (nSPS) is 16.8. The fraction of sp³-hybridized carbons (Fsp3) is 0.368. The number of aromatic nitrogens is 1. The molecule has 4 rings (SSSR count). The van der Waals surface area contributed by atoms with Crippen LogP contribution >= 0.6 is 11.3 Å². The first-order chi connectivity index (χ1) is 13.3. The molecule has 3 heterocycles. The lowest BCUT2D eigenvalue weighted by Gasteiger charge is -2.37. The molecule has 8 nitrogen and oxygen atoms in total. The van der Waals surface area contributed by atoms with Crippen molar-refractivity contribution in [2.24, 2.45) is 0 Å². The van der Waals surface area contributed by atoms with Crippen LogP contribution in [-0.2, 0) is 22.4 Å². The molecule has 0 saturated carbocycles. The van der Waals surface area contributed by atoms with Crippen molar-refractivity contribution in [1.29, 1.82) is 5.26 Å². The number of fused-ring (bicyclic) bond motifs is 2. The van der Waals surface area contributed by atoms with Gasteiger partial charge in [0.2, 0.25) is 5.91 Å². The van der Waals surface area contributed by atoms with Gasteiger partial charge in [-0.25, -0.2) is 4.98 Å². The lowest BCUT2D eigenvalue weighted by atomic mass is 10.1. The van der Waals surface area contributed by atoms with E-state index in [0.717, 1.165) is 29.7 Å². The molecule has 144 valence electrons. The maximum atomic E-state index is 12.8. The van der Waals surface area contributed by atoms with Crippen LogP contribution in [0.1, 0.15) is 36.3 Å². The van der Waals surface area contributed by atoms with Gasteiger partial charge in [-0.15, -0.1) is 11.3 Å². The highest BCUT2D eigenvalue weighted by molar-refractivity contribution is 7.16. The molecule has 2 aromatic heterocycles. The van der Waals surface area contributed by atoms with Crippen LogP contribution < -0.4 is 20.7 Å². The molecule has 28 heavy (non-hydrogen) atoms. The average molecular weight is 397 g/mol. The maximum absolute atomic E-state index is 12.8. The Balaban J connectivity index is 1.60. The standard InChI is InChI=1S/C19H19N5O3S/c1-19(2)18(26)24(16-12(27-19)6-7-14(21)22-16)9-15(25)23-17-11(8-20)10-4-3-5-13(10)28-17/h6-7H,3-5,9H2,1-2H3,(H2,21,22)(H,23,25). The van der Waals surface area contributed by atoms with Crippen molar-refractivity contribution in [3.8, 4) is 11.8 Å². The fourth-order valence-electron chi connectivity index (χ4n) is 3.53. The van der Waals surface area contributed by atoms with Gasteiger partial charge in [0.1, 0.15) is 23.4 Å². The van der Waals surface area contributed by atoms with E-state index in [1.54, 1.807) is 26.0 Å². The number of pyridine rings is 1. The molecular weight excluding hydrogens is 378 g/mol. The van der Waals surface area contributed by atoms with Gasteiger partial charge in [-0.2, -0.15) is 5.26 Å². The van der Waals surface area contributed by atoms with Gasteiger partial charge in [-0.3, -0.25) is 14.5 Å². The Morgan fingerprint density at radius 1 is 1.46 bits per heavy atom. The summed E-state index contributed by atoms with van der Waals surface area (Å²) in [5, 5.41) is 12.8. The second-order valence-electron chi connectivity index (χ2n) is 7.28. The number of nitriles is 1. The number of hydrogen-bond donors (Lipinski definition) is 2. The third kappa shape index (κ3) is 2.96. The molecule has 2 aromatic rings. The van der Waals surface area contributed by atoms with Gasteiger partial charge >= 0.3 is 0 Å². The fourth-order valence-corrected chi connectivity index (χ4v) is 4.79. The minimum atomic E-state index is -1.13. The van der Waals surface area contributed by atoms with E-state index in [9.17, 15) is 14.9 Å². The van der Waals surface area contributed by atoms with Crippen molar-refractivity contribution in [3.63, 3.8) is 0 Å². The summed E-state index contributed by atoms with van der Waals surface area (Å²) < 4.78 is 5.71. The number of carbonyl (C=O) groups excluding carboxylic acids is 2. The lowest BCUT2D eigenvalue weighted by molar-refractivity contribution is -0.133. The summed E-state index contributed by atoms with van der Waals surface area (Å²) in [6.07, 6.45) is 2.82. The number of ether oxygens (including phenoxy) is 1. The zero-order chi connectivity index (χ0) is 20.1. The van der Waals surface area contributed by atoms with Crippen LogP contribution in [-0.4, -0.2) is 28.9 Å². The lowest BCUT2D eigenvalue weighted by Crippen LogP contribution is -2.54. The molecule has 0 fully saturated rings. The predicted molar refractivity (Wildman–Crippen MR) is 105 cm³/mol.